The van der Waals surface area contributed by atoms with Crippen LogP contribution in [-0.4, -0.2) is 69.4 Å². The average molecular weight is 554 g/mol. The van der Waals surface area contributed by atoms with Gasteiger partial charge < -0.3 is 10.2 Å². The van der Waals surface area contributed by atoms with Gasteiger partial charge in [0.1, 0.15) is 0 Å². The summed E-state index contributed by atoms with van der Waals surface area (Å²) in [5.74, 6) is 2.38. The molecule has 1 saturated carbocycles. The number of nitrogens with zero attached hydrogens (tertiary/aromatic N) is 3. The average Bonchev–Trinajstić information content (AvgIpc) is 2.63. The highest BCUT2D eigenvalue weighted by Crippen LogP contribution is 2.30. The number of halogens is 4. The number of aliphatic imine (C=N–C) groups is 1. The van der Waals surface area contributed by atoms with E-state index in [-0.39, 0.29) is 43.0 Å². The molecule has 1 aliphatic heterocycles. The predicted octanol–water partition coefficient (Wildman–Crippen LogP) is 3.50. The smallest absolute Gasteiger partial charge is 0.356 e. The first-order chi connectivity index (χ1) is 13.0. The second kappa shape index (κ2) is 11.4. The van der Waals surface area contributed by atoms with Crippen LogP contribution >= 0.6 is 24.0 Å². The summed E-state index contributed by atoms with van der Waals surface area (Å²) in [7, 11) is -1.48. The molecule has 1 saturated heterocycles. The summed E-state index contributed by atoms with van der Waals surface area (Å²) in [5.41, 5.74) is -5.22. The molecule has 6 nitrogen and oxygen atoms in total. The molecule has 0 aromatic rings. The Kier molecular flexibility index (Phi) is 10.5. The van der Waals surface area contributed by atoms with Gasteiger partial charge in [-0.1, -0.05) is 19.8 Å². The van der Waals surface area contributed by atoms with Gasteiger partial charge in [0.2, 0.25) is 0 Å². The normalized spacial score (nSPS) is 25.4. The first-order valence-corrected chi connectivity index (χ1v) is 11.5. The minimum absolute atomic E-state index is 0. The number of guanidine groups is 1. The maximum atomic E-state index is 12.7. The number of sulfonamides is 1. The summed E-state index contributed by atoms with van der Waals surface area (Å²) < 4.78 is 61.5. The van der Waals surface area contributed by atoms with Crippen LogP contribution in [0.2, 0.25) is 0 Å². The van der Waals surface area contributed by atoms with E-state index in [9.17, 15) is 21.6 Å². The molecule has 11 heteroatoms. The highest BCUT2D eigenvalue weighted by Gasteiger charge is 2.50. The lowest BCUT2D eigenvalue weighted by atomic mass is 9.83. The molecule has 0 atom stereocenters. The standard InChI is InChI=1S/C18H33F3N4O2S.HI/c1-14-4-6-16(7-5-14)13-24(3)17(22-2)23-12-15-8-10-25(11-9-15)28(26,27)18(19,20)21;/h14-16H,4-13H2,1-3H3,(H,22,23);1H. The first kappa shape index (κ1) is 26.7. The molecule has 2 fully saturated rings. The monoisotopic (exact) mass is 554 g/mol. The summed E-state index contributed by atoms with van der Waals surface area (Å²) in [6.45, 7) is 3.63. The molecule has 0 radical (unpaired) electrons. The molecule has 2 rings (SSSR count). The number of piperidine rings is 1. The van der Waals surface area contributed by atoms with Crippen molar-refractivity contribution in [1.82, 2.24) is 14.5 Å². The number of nitrogens with one attached hydrogen (secondary N) is 1. The van der Waals surface area contributed by atoms with E-state index in [1.54, 1.807) is 7.05 Å². The molecule has 0 aromatic heterocycles. The van der Waals surface area contributed by atoms with E-state index in [1.807, 2.05) is 7.05 Å². The van der Waals surface area contributed by atoms with E-state index >= 15 is 0 Å². The van der Waals surface area contributed by atoms with E-state index in [0.29, 0.717) is 29.6 Å². The fourth-order valence-electron chi connectivity index (χ4n) is 4.11. The molecule has 0 unspecified atom stereocenters. The minimum atomic E-state index is -5.22. The van der Waals surface area contributed by atoms with Gasteiger partial charge in [-0.15, -0.1) is 24.0 Å². The van der Waals surface area contributed by atoms with Crippen LogP contribution < -0.4 is 5.32 Å². The van der Waals surface area contributed by atoms with Crippen molar-refractivity contribution >= 4 is 40.0 Å². The minimum Gasteiger partial charge on any atom is -0.356 e. The third-order valence-corrected chi connectivity index (χ3v) is 7.63. The molecule has 1 aliphatic carbocycles. The molecule has 0 spiro atoms. The van der Waals surface area contributed by atoms with Crippen molar-refractivity contribution in [1.29, 1.82) is 0 Å². The molecular weight excluding hydrogens is 520 g/mol. The topological polar surface area (TPSA) is 65.0 Å². The molecule has 1 heterocycles. The largest absolute Gasteiger partial charge is 0.511 e. The molecule has 172 valence electrons. The Bertz CT molecular complexity index is 630. The van der Waals surface area contributed by atoms with Crippen LogP contribution in [-0.2, 0) is 10.0 Å². The molecule has 29 heavy (non-hydrogen) atoms. The fourth-order valence-corrected chi connectivity index (χ4v) is 5.09. The highest BCUT2D eigenvalue weighted by atomic mass is 127. The Morgan fingerprint density at radius 3 is 2.14 bits per heavy atom. The van der Waals surface area contributed by atoms with Crippen LogP contribution in [0.1, 0.15) is 45.4 Å². The summed E-state index contributed by atoms with van der Waals surface area (Å²) in [5, 5.41) is 3.31. The molecule has 0 bridgehead atoms. The van der Waals surface area contributed by atoms with Crippen molar-refractivity contribution in [3.8, 4) is 0 Å². The zero-order chi connectivity index (χ0) is 20.9. The Balaban J connectivity index is 0.00000420. The van der Waals surface area contributed by atoms with Crippen molar-refractivity contribution < 1.29 is 21.6 Å². The molecule has 0 amide bonds. The quantitative estimate of drug-likeness (QED) is 0.321. The number of alkyl halides is 3. The van der Waals surface area contributed by atoms with Crippen LogP contribution in [0, 0.1) is 17.8 Å². The van der Waals surface area contributed by atoms with Gasteiger partial charge in [0.05, 0.1) is 0 Å². The van der Waals surface area contributed by atoms with Crippen molar-refractivity contribution in [2.45, 2.75) is 51.0 Å². The van der Waals surface area contributed by atoms with Crippen LogP contribution in [0.5, 0.6) is 0 Å². The van der Waals surface area contributed by atoms with Crippen LogP contribution in [0.15, 0.2) is 4.99 Å². The van der Waals surface area contributed by atoms with E-state index in [1.165, 1.54) is 25.7 Å². The van der Waals surface area contributed by atoms with E-state index in [0.717, 1.165) is 18.4 Å². The van der Waals surface area contributed by atoms with Gasteiger partial charge in [-0.25, -0.2) is 8.42 Å². The van der Waals surface area contributed by atoms with Gasteiger partial charge in [0.25, 0.3) is 0 Å². The molecular formula is C18H34F3IN4O2S. The van der Waals surface area contributed by atoms with E-state index < -0.39 is 15.5 Å². The first-order valence-electron chi connectivity index (χ1n) is 10.0. The predicted molar refractivity (Wildman–Crippen MR) is 120 cm³/mol. The maximum absolute atomic E-state index is 12.7. The summed E-state index contributed by atoms with van der Waals surface area (Å²) >= 11 is 0. The van der Waals surface area contributed by atoms with Crippen molar-refractivity contribution in [2.24, 2.45) is 22.7 Å². The Labute approximate surface area is 189 Å². The zero-order valence-electron chi connectivity index (χ0n) is 17.4. The Hall–Kier alpha value is -0.300. The molecule has 1 N–H and O–H groups in total. The van der Waals surface area contributed by atoms with Gasteiger partial charge >= 0.3 is 15.5 Å². The van der Waals surface area contributed by atoms with Crippen LogP contribution in [0.25, 0.3) is 0 Å². The lowest BCUT2D eigenvalue weighted by Crippen LogP contribution is -2.48. The van der Waals surface area contributed by atoms with Gasteiger partial charge in [-0.2, -0.15) is 17.5 Å². The van der Waals surface area contributed by atoms with Gasteiger partial charge in [0.15, 0.2) is 5.96 Å². The maximum Gasteiger partial charge on any atom is 0.511 e. The van der Waals surface area contributed by atoms with Crippen molar-refractivity contribution in [3.63, 3.8) is 0 Å². The number of hydrogen-bond donors (Lipinski definition) is 1. The SMILES string of the molecule is CN=C(NCC1CCN(S(=O)(=O)C(F)(F)F)CC1)N(C)CC1CCC(C)CC1.I. The number of hydrogen-bond acceptors (Lipinski definition) is 3. The van der Waals surface area contributed by atoms with Gasteiger partial charge in [0, 0.05) is 40.3 Å². The van der Waals surface area contributed by atoms with E-state index in [4.69, 9.17) is 0 Å². The van der Waals surface area contributed by atoms with Crippen LogP contribution in [0.4, 0.5) is 13.2 Å². The Morgan fingerprint density at radius 1 is 1.10 bits per heavy atom. The lowest BCUT2D eigenvalue weighted by molar-refractivity contribution is -0.0496. The summed E-state index contributed by atoms with van der Waals surface area (Å²) in [6, 6.07) is 0. The van der Waals surface area contributed by atoms with Gasteiger partial charge in [-0.3, -0.25) is 4.99 Å². The van der Waals surface area contributed by atoms with Crippen molar-refractivity contribution in [2.75, 3.05) is 40.3 Å². The molecule has 0 aromatic carbocycles. The summed E-state index contributed by atoms with van der Waals surface area (Å²) in [4.78, 5) is 6.43. The van der Waals surface area contributed by atoms with Gasteiger partial charge in [-0.05, 0) is 43.4 Å². The third kappa shape index (κ3) is 7.41. The van der Waals surface area contributed by atoms with Crippen molar-refractivity contribution in [3.05, 3.63) is 0 Å². The van der Waals surface area contributed by atoms with Crippen LogP contribution in [0.3, 0.4) is 0 Å². The number of rotatable bonds is 5. The fraction of sp³-hybridized carbons (Fsp3) is 0.944. The van der Waals surface area contributed by atoms with E-state index in [2.05, 4.69) is 22.1 Å². The molecule has 2 aliphatic rings. The highest BCUT2D eigenvalue weighted by molar-refractivity contribution is 14.0. The second-order valence-electron chi connectivity index (χ2n) is 8.23. The third-order valence-electron chi connectivity index (χ3n) is 6.00. The summed E-state index contributed by atoms with van der Waals surface area (Å²) in [6.07, 6.45) is 5.81. The lowest BCUT2D eigenvalue weighted by Gasteiger charge is -2.33. The Morgan fingerprint density at radius 2 is 1.66 bits per heavy atom. The zero-order valence-corrected chi connectivity index (χ0v) is 20.6. The second-order valence-corrected chi connectivity index (χ2v) is 10.2.